The summed E-state index contributed by atoms with van der Waals surface area (Å²) in [6.45, 7) is 3.83. The second-order valence-electron chi connectivity index (χ2n) is 5.53. The SMILES string of the molecule is CC1CCN(c2n[nH]c(-c3ccc(O)c(Cl)c3)n2)CC1N. The number of halogens is 1. The first-order chi connectivity index (χ1) is 10.0. The van der Waals surface area contributed by atoms with E-state index in [0.717, 1.165) is 25.1 Å². The topological polar surface area (TPSA) is 91.1 Å². The quantitative estimate of drug-likeness (QED) is 0.789. The van der Waals surface area contributed by atoms with Gasteiger partial charge >= 0.3 is 0 Å². The van der Waals surface area contributed by atoms with Gasteiger partial charge in [0.2, 0.25) is 5.95 Å². The first-order valence-corrected chi connectivity index (χ1v) is 7.34. The van der Waals surface area contributed by atoms with E-state index < -0.39 is 0 Å². The molecule has 0 aliphatic carbocycles. The number of aromatic nitrogens is 3. The lowest BCUT2D eigenvalue weighted by Crippen LogP contribution is -2.48. The number of rotatable bonds is 2. The number of phenolic OH excluding ortho intramolecular Hbond substituents is 1. The average Bonchev–Trinajstić information content (AvgIpc) is 2.94. The van der Waals surface area contributed by atoms with Crippen LogP contribution in [0.3, 0.4) is 0 Å². The van der Waals surface area contributed by atoms with Crippen molar-refractivity contribution in [2.45, 2.75) is 19.4 Å². The van der Waals surface area contributed by atoms with Crippen LogP contribution in [-0.4, -0.2) is 39.4 Å². The highest BCUT2D eigenvalue weighted by Crippen LogP contribution is 2.28. The van der Waals surface area contributed by atoms with Crippen molar-refractivity contribution < 1.29 is 5.11 Å². The van der Waals surface area contributed by atoms with Crippen molar-refractivity contribution >= 4 is 17.5 Å². The summed E-state index contributed by atoms with van der Waals surface area (Å²) >= 11 is 5.92. The second-order valence-corrected chi connectivity index (χ2v) is 5.93. The Bertz CT molecular complexity index is 644. The van der Waals surface area contributed by atoms with Gasteiger partial charge < -0.3 is 15.7 Å². The summed E-state index contributed by atoms with van der Waals surface area (Å²) in [5.41, 5.74) is 6.89. The summed E-state index contributed by atoms with van der Waals surface area (Å²) < 4.78 is 0. The fourth-order valence-corrected chi connectivity index (χ4v) is 2.64. The van der Waals surface area contributed by atoms with Crippen molar-refractivity contribution in [3.63, 3.8) is 0 Å². The molecule has 1 saturated heterocycles. The second kappa shape index (κ2) is 5.54. The van der Waals surface area contributed by atoms with E-state index in [2.05, 4.69) is 27.0 Å². The third-order valence-electron chi connectivity index (χ3n) is 3.99. The molecule has 1 aromatic carbocycles. The molecule has 2 unspecified atom stereocenters. The Labute approximate surface area is 127 Å². The Balaban J connectivity index is 1.81. The molecule has 2 atom stereocenters. The Morgan fingerprint density at radius 1 is 1.48 bits per heavy atom. The van der Waals surface area contributed by atoms with E-state index in [4.69, 9.17) is 17.3 Å². The van der Waals surface area contributed by atoms with Gasteiger partial charge in [-0.25, -0.2) is 0 Å². The molecule has 1 aliphatic heterocycles. The van der Waals surface area contributed by atoms with E-state index in [9.17, 15) is 5.11 Å². The lowest BCUT2D eigenvalue weighted by molar-refractivity contribution is 0.376. The number of aromatic amines is 1. The zero-order chi connectivity index (χ0) is 15.0. The zero-order valence-electron chi connectivity index (χ0n) is 11.8. The maximum Gasteiger partial charge on any atom is 0.245 e. The average molecular weight is 308 g/mol. The number of nitrogens with one attached hydrogen (secondary N) is 1. The van der Waals surface area contributed by atoms with Gasteiger partial charge in [0.15, 0.2) is 5.82 Å². The van der Waals surface area contributed by atoms with Gasteiger partial charge in [0.1, 0.15) is 5.75 Å². The number of hydrogen-bond donors (Lipinski definition) is 3. The van der Waals surface area contributed by atoms with Gasteiger partial charge in [-0.15, -0.1) is 5.10 Å². The first-order valence-electron chi connectivity index (χ1n) is 6.96. The van der Waals surface area contributed by atoms with Crippen LogP contribution in [0.2, 0.25) is 5.02 Å². The lowest BCUT2D eigenvalue weighted by atomic mass is 9.95. The Morgan fingerprint density at radius 3 is 3.00 bits per heavy atom. The maximum absolute atomic E-state index is 9.45. The summed E-state index contributed by atoms with van der Waals surface area (Å²) in [6.07, 6.45) is 1.04. The normalized spacial score (nSPS) is 22.5. The molecule has 1 aromatic heterocycles. The number of benzene rings is 1. The summed E-state index contributed by atoms with van der Waals surface area (Å²) in [4.78, 5) is 6.59. The van der Waals surface area contributed by atoms with Crippen LogP contribution in [-0.2, 0) is 0 Å². The van der Waals surface area contributed by atoms with Gasteiger partial charge in [-0.05, 0) is 30.5 Å². The van der Waals surface area contributed by atoms with Crippen LogP contribution < -0.4 is 10.6 Å². The highest BCUT2D eigenvalue weighted by atomic mass is 35.5. The van der Waals surface area contributed by atoms with Gasteiger partial charge in [0.25, 0.3) is 0 Å². The van der Waals surface area contributed by atoms with Crippen molar-refractivity contribution in [2.75, 3.05) is 18.0 Å². The predicted molar refractivity (Wildman–Crippen MR) is 82.5 cm³/mol. The third-order valence-corrected chi connectivity index (χ3v) is 4.30. The van der Waals surface area contributed by atoms with E-state index in [0.29, 0.717) is 22.7 Å². The van der Waals surface area contributed by atoms with Crippen LogP contribution in [0.5, 0.6) is 5.75 Å². The third kappa shape index (κ3) is 2.82. The number of nitrogens with two attached hydrogens (primary N) is 1. The molecule has 3 rings (SSSR count). The molecule has 2 heterocycles. The van der Waals surface area contributed by atoms with E-state index in [1.165, 1.54) is 0 Å². The molecule has 0 bridgehead atoms. The maximum atomic E-state index is 9.45. The molecule has 2 aromatic rings. The number of nitrogens with zero attached hydrogens (tertiary/aromatic N) is 3. The van der Waals surface area contributed by atoms with Crippen molar-refractivity contribution in [1.82, 2.24) is 15.2 Å². The summed E-state index contributed by atoms with van der Waals surface area (Å²) in [6, 6.07) is 5.09. The number of phenols is 1. The van der Waals surface area contributed by atoms with Crippen molar-refractivity contribution in [3.05, 3.63) is 23.2 Å². The molecule has 0 radical (unpaired) electrons. The monoisotopic (exact) mass is 307 g/mol. The highest BCUT2D eigenvalue weighted by Gasteiger charge is 2.25. The molecule has 0 saturated carbocycles. The lowest BCUT2D eigenvalue weighted by Gasteiger charge is -2.34. The molecule has 6 nitrogen and oxygen atoms in total. The molecule has 0 amide bonds. The number of hydrogen-bond acceptors (Lipinski definition) is 5. The minimum atomic E-state index is 0.0520. The van der Waals surface area contributed by atoms with Gasteiger partial charge in [-0.3, -0.25) is 5.10 Å². The van der Waals surface area contributed by atoms with Crippen LogP contribution in [0, 0.1) is 5.92 Å². The highest BCUT2D eigenvalue weighted by molar-refractivity contribution is 6.32. The van der Waals surface area contributed by atoms with E-state index in [-0.39, 0.29) is 11.8 Å². The number of piperidine rings is 1. The van der Waals surface area contributed by atoms with Gasteiger partial charge in [-0.1, -0.05) is 18.5 Å². The van der Waals surface area contributed by atoms with Crippen LogP contribution in [0.15, 0.2) is 18.2 Å². The number of H-pyrrole nitrogens is 1. The van der Waals surface area contributed by atoms with E-state index >= 15 is 0 Å². The molecule has 7 heteroatoms. The smallest absolute Gasteiger partial charge is 0.245 e. The molecular weight excluding hydrogens is 290 g/mol. The summed E-state index contributed by atoms with van der Waals surface area (Å²) in [7, 11) is 0. The number of anilines is 1. The zero-order valence-corrected chi connectivity index (χ0v) is 12.5. The largest absolute Gasteiger partial charge is 0.506 e. The molecule has 0 spiro atoms. The number of aromatic hydroxyl groups is 1. The molecule has 1 aliphatic rings. The molecule has 4 N–H and O–H groups in total. The minimum absolute atomic E-state index is 0.0520. The van der Waals surface area contributed by atoms with Crippen molar-refractivity contribution in [3.8, 4) is 17.1 Å². The molecule has 21 heavy (non-hydrogen) atoms. The predicted octanol–water partition coefficient (Wildman–Crippen LogP) is 2.00. The standard InChI is InChI=1S/C14H18ClN5O/c1-8-4-5-20(7-11(8)16)14-17-13(18-19-14)9-2-3-12(21)10(15)6-9/h2-3,6,8,11,21H,4-5,7,16H2,1H3,(H,17,18,19). The van der Waals surface area contributed by atoms with Crippen molar-refractivity contribution in [1.29, 1.82) is 0 Å². The van der Waals surface area contributed by atoms with Gasteiger partial charge in [0.05, 0.1) is 5.02 Å². The van der Waals surface area contributed by atoms with Gasteiger partial charge in [-0.2, -0.15) is 4.98 Å². The summed E-state index contributed by atoms with van der Waals surface area (Å²) in [5.74, 6) is 1.85. The Hall–Kier alpha value is -1.79. The van der Waals surface area contributed by atoms with Crippen LogP contribution in [0.25, 0.3) is 11.4 Å². The summed E-state index contributed by atoms with van der Waals surface area (Å²) in [5, 5.41) is 16.9. The minimum Gasteiger partial charge on any atom is -0.506 e. The van der Waals surface area contributed by atoms with Crippen LogP contribution >= 0.6 is 11.6 Å². The molecule has 1 fully saturated rings. The Kier molecular flexibility index (Phi) is 3.73. The van der Waals surface area contributed by atoms with E-state index in [1.807, 2.05) is 0 Å². The van der Waals surface area contributed by atoms with E-state index in [1.54, 1.807) is 18.2 Å². The van der Waals surface area contributed by atoms with Crippen molar-refractivity contribution in [2.24, 2.45) is 11.7 Å². The molecule has 112 valence electrons. The first kappa shape index (κ1) is 14.2. The Morgan fingerprint density at radius 2 is 2.29 bits per heavy atom. The van der Waals surface area contributed by atoms with Crippen LogP contribution in [0.1, 0.15) is 13.3 Å². The van der Waals surface area contributed by atoms with Gasteiger partial charge in [0, 0.05) is 24.7 Å². The van der Waals surface area contributed by atoms with Crippen LogP contribution in [0.4, 0.5) is 5.95 Å². The fraction of sp³-hybridized carbons (Fsp3) is 0.429. The fourth-order valence-electron chi connectivity index (χ4n) is 2.46. The molecular formula is C14H18ClN5O.